The van der Waals surface area contributed by atoms with Crippen molar-refractivity contribution in [3.8, 4) is 5.75 Å². The average Bonchev–Trinajstić information content (AvgIpc) is 2.49. The van der Waals surface area contributed by atoms with Gasteiger partial charge in [-0.2, -0.15) is 0 Å². The van der Waals surface area contributed by atoms with Gasteiger partial charge in [0.2, 0.25) is 0 Å². The van der Waals surface area contributed by atoms with Crippen LogP contribution in [0.4, 0.5) is 4.39 Å². The Kier molecular flexibility index (Phi) is 10.9. The Morgan fingerprint density at radius 3 is 2.57 bits per heavy atom. The van der Waals surface area contributed by atoms with Gasteiger partial charge in [-0.25, -0.2) is 4.39 Å². The molecule has 3 nitrogen and oxygen atoms in total. The van der Waals surface area contributed by atoms with Gasteiger partial charge in [0.15, 0.2) is 11.6 Å². The standard InChI is InChI=1S/C16H22ClFN2O.2ClH/c1-3-5-15(20-8-6-19-7-9-20)12-10-13(17)16(21-4-2)14(18)11-12;;/h3,10-11,15,19H,1,4-9H2,2H3;2*1H/t15-;;/m0../s1. The maximum absolute atomic E-state index is 14.2. The molecule has 0 bridgehead atoms. The number of halogens is 4. The molecule has 1 aliphatic rings. The summed E-state index contributed by atoms with van der Waals surface area (Å²) in [6, 6.07) is 3.45. The Bertz CT molecular complexity index is 473. The second kappa shape index (κ2) is 11.1. The summed E-state index contributed by atoms with van der Waals surface area (Å²) in [6.45, 7) is 9.78. The van der Waals surface area contributed by atoms with Crippen LogP contribution in [0.1, 0.15) is 24.9 Å². The Morgan fingerprint density at radius 1 is 1.39 bits per heavy atom. The summed E-state index contributed by atoms with van der Waals surface area (Å²) in [7, 11) is 0. The van der Waals surface area contributed by atoms with E-state index in [2.05, 4.69) is 16.8 Å². The summed E-state index contributed by atoms with van der Waals surface area (Å²) in [4.78, 5) is 2.34. The fourth-order valence-corrected chi connectivity index (χ4v) is 2.97. The van der Waals surface area contributed by atoms with Crippen LogP contribution >= 0.6 is 36.4 Å². The topological polar surface area (TPSA) is 24.5 Å². The Balaban J connectivity index is 0.00000242. The third-order valence-electron chi connectivity index (χ3n) is 3.68. The van der Waals surface area contributed by atoms with E-state index in [1.807, 2.05) is 19.1 Å². The maximum Gasteiger partial charge on any atom is 0.173 e. The van der Waals surface area contributed by atoms with Crippen molar-refractivity contribution in [2.45, 2.75) is 19.4 Å². The zero-order valence-corrected chi connectivity index (χ0v) is 15.6. The van der Waals surface area contributed by atoms with Gasteiger partial charge in [0.25, 0.3) is 0 Å². The van der Waals surface area contributed by atoms with Gasteiger partial charge in [-0.3, -0.25) is 4.90 Å². The van der Waals surface area contributed by atoms with Crippen LogP contribution in [0.15, 0.2) is 24.8 Å². The number of nitrogens with one attached hydrogen (secondary N) is 1. The van der Waals surface area contributed by atoms with E-state index in [1.54, 1.807) is 0 Å². The molecule has 0 saturated carbocycles. The van der Waals surface area contributed by atoms with Gasteiger partial charge in [0.05, 0.1) is 11.6 Å². The molecule has 0 amide bonds. The molecular weight excluding hydrogens is 362 g/mol. The van der Waals surface area contributed by atoms with Crippen molar-refractivity contribution in [2.24, 2.45) is 0 Å². The predicted octanol–water partition coefficient (Wildman–Crippen LogP) is 4.24. The number of benzene rings is 1. The third kappa shape index (κ3) is 5.80. The minimum atomic E-state index is -0.399. The normalized spacial score (nSPS) is 16.0. The number of rotatable bonds is 6. The van der Waals surface area contributed by atoms with Gasteiger partial charge >= 0.3 is 0 Å². The van der Waals surface area contributed by atoms with E-state index in [1.165, 1.54) is 6.07 Å². The van der Waals surface area contributed by atoms with Crippen molar-refractivity contribution in [1.29, 1.82) is 0 Å². The van der Waals surface area contributed by atoms with Gasteiger partial charge < -0.3 is 10.1 Å². The van der Waals surface area contributed by atoms with Crippen LogP contribution in [-0.4, -0.2) is 37.7 Å². The summed E-state index contributed by atoms with van der Waals surface area (Å²) < 4.78 is 19.5. The number of ether oxygens (including phenoxy) is 1. The first kappa shape index (κ1) is 22.5. The highest BCUT2D eigenvalue weighted by Crippen LogP contribution is 2.34. The van der Waals surface area contributed by atoms with Crippen LogP contribution in [0.25, 0.3) is 0 Å². The maximum atomic E-state index is 14.2. The number of nitrogens with zero attached hydrogens (tertiary/aromatic N) is 1. The summed E-state index contributed by atoms with van der Waals surface area (Å²) in [6.07, 6.45) is 2.64. The molecule has 0 aromatic heterocycles. The molecule has 0 aliphatic carbocycles. The molecule has 1 atom stereocenters. The number of piperazine rings is 1. The molecule has 1 N–H and O–H groups in total. The largest absolute Gasteiger partial charge is 0.489 e. The molecular formula is C16H24Cl3FN2O. The Morgan fingerprint density at radius 2 is 2.04 bits per heavy atom. The lowest BCUT2D eigenvalue weighted by molar-refractivity contribution is 0.174. The Hall–Kier alpha value is -0.520. The number of hydrogen-bond donors (Lipinski definition) is 1. The summed E-state index contributed by atoms with van der Waals surface area (Å²) in [5.74, 6) is -0.260. The van der Waals surface area contributed by atoms with Crippen molar-refractivity contribution >= 4 is 36.4 Å². The van der Waals surface area contributed by atoms with Gasteiger partial charge in [-0.15, -0.1) is 31.4 Å². The van der Waals surface area contributed by atoms with Gasteiger partial charge in [0.1, 0.15) is 0 Å². The molecule has 1 aliphatic heterocycles. The molecule has 0 spiro atoms. The highest BCUT2D eigenvalue weighted by Gasteiger charge is 2.23. The molecule has 2 rings (SSSR count). The van der Waals surface area contributed by atoms with Crippen LogP contribution in [0, 0.1) is 5.82 Å². The third-order valence-corrected chi connectivity index (χ3v) is 3.96. The van der Waals surface area contributed by atoms with Crippen LogP contribution in [0.2, 0.25) is 5.02 Å². The van der Waals surface area contributed by atoms with Gasteiger partial charge in [-0.05, 0) is 31.0 Å². The lowest BCUT2D eigenvalue weighted by atomic mass is 10.0. The van der Waals surface area contributed by atoms with Crippen molar-refractivity contribution < 1.29 is 9.13 Å². The molecule has 23 heavy (non-hydrogen) atoms. The fourth-order valence-electron chi connectivity index (χ4n) is 2.70. The molecule has 0 radical (unpaired) electrons. The van der Waals surface area contributed by atoms with E-state index < -0.39 is 5.82 Å². The van der Waals surface area contributed by atoms with Gasteiger partial charge in [-0.1, -0.05) is 17.7 Å². The average molecular weight is 386 g/mol. The molecule has 1 fully saturated rings. The zero-order valence-electron chi connectivity index (χ0n) is 13.2. The van der Waals surface area contributed by atoms with E-state index in [-0.39, 0.29) is 36.6 Å². The molecule has 1 aromatic rings. The van der Waals surface area contributed by atoms with Crippen molar-refractivity contribution in [3.63, 3.8) is 0 Å². The van der Waals surface area contributed by atoms with Crippen LogP contribution in [0.3, 0.4) is 0 Å². The lowest BCUT2D eigenvalue weighted by Gasteiger charge is -2.35. The van der Waals surface area contributed by atoms with E-state index in [0.29, 0.717) is 11.6 Å². The first-order valence-corrected chi connectivity index (χ1v) is 7.72. The minimum absolute atomic E-state index is 0. The molecule has 132 valence electrons. The van der Waals surface area contributed by atoms with E-state index in [0.717, 1.165) is 38.2 Å². The lowest BCUT2D eigenvalue weighted by Crippen LogP contribution is -2.45. The van der Waals surface area contributed by atoms with Crippen LogP contribution in [0.5, 0.6) is 5.75 Å². The summed E-state index contributed by atoms with van der Waals surface area (Å²) in [5, 5.41) is 3.65. The number of hydrogen-bond acceptors (Lipinski definition) is 3. The molecule has 0 unspecified atom stereocenters. The second-order valence-corrected chi connectivity index (χ2v) is 5.48. The zero-order chi connectivity index (χ0) is 15.2. The smallest absolute Gasteiger partial charge is 0.173 e. The van der Waals surface area contributed by atoms with Crippen molar-refractivity contribution in [2.75, 3.05) is 32.8 Å². The predicted molar refractivity (Wildman–Crippen MR) is 99.1 cm³/mol. The monoisotopic (exact) mass is 384 g/mol. The summed E-state index contributed by atoms with van der Waals surface area (Å²) >= 11 is 6.17. The van der Waals surface area contributed by atoms with Crippen molar-refractivity contribution in [1.82, 2.24) is 10.2 Å². The van der Waals surface area contributed by atoms with Crippen LogP contribution in [-0.2, 0) is 0 Å². The Labute approximate surface area is 155 Å². The first-order valence-electron chi connectivity index (χ1n) is 7.34. The quantitative estimate of drug-likeness (QED) is 0.741. The molecule has 1 saturated heterocycles. The molecule has 1 heterocycles. The minimum Gasteiger partial charge on any atom is -0.489 e. The molecule has 7 heteroatoms. The van der Waals surface area contributed by atoms with Gasteiger partial charge in [0, 0.05) is 32.2 Å². The van der Waals surface area contributed by atoms with E-state index in [9.17, 15) is 4.39 Å². The first-order chi connectivity index (χ1) is 10.2. The second-order valence-electron chi connectivity index (χ2n) is 5.07. The van der Waals surface area contributed by atoms with Crippen LogP contribution < -0.4 is 10.1 Å². The highest BCUT2D eigenvalue weighted by molar-refractivity contribution is 6.32. The molecule has 1 aromatic carbocycles. The summed E-state index contributed by atoms with van der Waals surface area (Å²) in [5.41, 5.74) is 0.878. The SMILES string of the molecule is C=CC[C@@H](c1cc(F)c(OCC)c(Cl)c1)N1CCNCC1.Cl.Cl. The highest BCUT2D eigenvalue weighted by atomic mass is 35.5. The fraction of sp³-hybridized carbons (Fsp3) is 0.500. The van der Waals surface area contributed by atoms with E-state index >= 15 is 0 Å². The van der Waals surface area contributed by atoms with Crippen molar-refractivity contribution in [3.05, 3.63) is 41.2 Å². The van der Waals surface area contributed by atoms with E-state index in [4.69, 9.17) is 16.3 Å².